The van der Waals surface area contributed by atoms with Crippen molar-refractivity contribution in [1.29, 1.82) is 0 Å². The summed E-state index contributed by atoms with van der Waals surface area (Å²) >= 11 is 1.12. The molecule has 2 heterocycles. The fourth-order valence-electron chi connectivity index (χ4n) is 2.45. The van der Waals surface area contributed by atoms with Crippen LogP contribution in [0, 0.1) is 13.8 Å². The first-order valence-electron chi connectivity index (χ1n) is 8.22. The van der Waals surface area contributed by atoms with Crippen LogP contribution in [0.2, 0.25) is 0 Å². The third-order valence-electron chi connectivity index (χ3n) is 3.89. The number of hydrogen-bond donors (Lipinski definition) is 1. The Morgan fingerprint density at radius 2 is 2.23 bits per heavy atom. The van der Waals surface area contributed by atoms with Crippen LogP contribution in [0.25, 0.3) is 0 Å². The molecule has 1 aliphatic rings. The van der Waals surface area contributed by atoms with Crippen LogP contribution in [0.15, 0.2) is 27.8 Å². The van der Waals surface area contributed by atoms with Crippen LogP contribution in [0.5, 0.6) is 5.75 Å². The average Bonchev–Trinajstić information content (AvgIpc) is 3.24. The van der Waals surface area contributed by atoms with Crippen molar-refractivity contribution in [2.45, 2.75) is 37.9 Å². The highest BCUT2D eigenvalue weighted by Gasteiger charge is 2.31. The van der Waals surface area contributed by atoms with Crippen molar-refractivity contribution >= 4 is 23.7 Å². The highest BCUT2D eigenvalue weighted by Crippen LogP contribution is 2.25. The molecule has 26 heavy (non-hydrogen) atoms. The summed E-state index contributed by atoms with van der Waals surface area (Å²) < 4.78 is 11.3. The number of carbonyl (C=O) groups excluding carboxylic acids is 2. The molecule has 0 spiro atoms. The summed E-state index contributed by atoms with van der Waals surface area (Å²) in [5.41, 5.74) is 2.12. The van der Waals surface area contributed by atoms with Gasteiger partial charge in [0.1, 0.15) is 5.75 Å². The van der Waals surface area contributed by atoms with E-state index in [0.29, 0.717) is 19.0 Å². The van der Waals surface area contributed by atoms with E-state index in [4.69, 9.17) is 9.15 Å². The van der Waals surface area contributed by atoms with Crippen LogP contribution in [-0.2, 0) is 11.4 Å². The van der Waals surface area contributed by atoms with Crippen molar-refractivity contribution in [2.75, 3.05) is 13.1 Å². The molecule has 0 saturated carbocycles. The predicted molar refractivity (Wildman–Crippen MR) is 95.0 cm³/mol. The number of nitrogens with zero attached hydrogens (tertiary/aromatic N) is 3. The zero-order valence-electron chi connectivity index (χ0n) is 14.8. The quantitative estimate of drug-likeness (QED) is 0.773. The summed E-state index contributed by atoms with van der Waals surface area (Å²) in [4.78, 5) is 25.0. The van der Waals surface area contributed by atoms with E-state index in [-0.39, 0.29) is 23.8 Å². The lowest BCUT2D eigenvalue weighted by molar-refractivity contribution is -0.126. The first kappa shape index (κ1) is 18.2. The number of rotatable bonds is 6. The van der Waals surface area contributed by atoms with Crippen LogP contribution < -0.4 is 10.1 Å². The fraction of sp³-hybridized carbons (Fsp3) is 0.412. The van der Waals surface area contributed by atoms with E-state index < -0.39 is 5.25 Å². The van der Waals surface area contributed by atoms with Gasteiger partial charge < -0.3 is 14.5 Å². The summed E-state index contributed by atoms with van der Waals surface area (Å²) in [5, 5.41) is 10.2. The fourth-order valence-corrected chi connectivity index (χ4v) is 3.21. The molecular weight excluding hydrogens is 356 g/mol. The van der Waals surface area contributed by atoms with E-state index in [1.807, 2.05) is 32.0 Å². The van der Waals surface area contributed by atoms with Gasteiger partial charge in [0, 0.05) is 13.1 Å². The van der Waals surface area contributed by atoms with Crippen molar-refractivity contribution in [3.63, 3.8) is 0 Å². The van der Waals surface area contributed by atoms with Crippen molar-refractivity contribution in [3.8, 4) is 5.75 Å². The molecule has 3 amide bonds. The van der Waals surface area contributed by atoms with Gasteiger partial charge in [-0.3, -0.25) is 9.69 Å². The van der Waals surface area contributed by atoms with Gasteiger partial charge in [0.25, 0.3) is 11.1 Å². The summed E-state index contributed by atoms with van der Waals surface area (Å²) in [5.74, 6) is 0.810. The van der Waals surface area contributed by atoms with E-state index in [2.05, 4.69) is 15.5 Å². The largest absolute Gasteiger partial charge is 0.484 e. The van der Waals surface area contributed by atoms with Crippen molar-refractivity contribution in [3.05, 3.63) is 35.2 Å². The van der Waals surface area contributed by atoms with Gasteiger partial charge in [-0.15, -0.1) is 10.2 Å². The van der Waals surface area contributed by atoms with E-state index in [9.17, 15) is 9.59 Å². The Balaban J connectivity index is 1.56. The van der Waals surface area contributed by atoms with Gasteiger partial charge in [0.15, 0.2) is 6.61 Å². The summed E-state index contributed by atoms with van der Waals surface area (Å²) in [7, 11) is 0. The first-order chi connectivity index (χ1) is 12.4. The van der Waals surface area contributed by atoms with E-state index >= 15 is 0 Å². The molecule has 0 radical (unpaired) electrons. The maximum atomic E-state index is 12.3. The molecule has 9 heteroatoms. The number of benzene rings is 1. The number of ether oxygens (including phenoxy) is 1. The van der Waals surface area contributed by atoms with Gasteiger partial charge in [-0.05, 0) is 38.0 Å². The summed E-state index contributed by atoms with van der Waals surface area (Å²) in [6.45, 7) is 6.66. The third-order valence-corrected chi connectivity index (χ3v) is 4.81. The monoisotopic (exact) mass is 376 g/mol. The number of nitrogens with one attached hydrogen (secondary N) is 1. The van der Waals surface area contributed by atoms with Gasteiger partial charge in [0.05, 0.1) is 5.25 Å². The van der Waals surface area contributed by atoms with Crippen LogP contribution >= 0.6 is 11.8 Å². The number of aromatic nitrogens is 2. The van der Waals surface area contributed by atoms with Gasteiger partial charge in [-0.1, -0.05) is 23.9 Å². The molecule has 0 aliphatic carbocycles. The Bertz CT molecular complexity index is 823. The second kappa shape index (κ2) is 7.77. The van der Waals surface area contributed by atoms with Gasteiger partial charge >= 0.3 is 6.03 Å². The lowest BCUT2D eigenvalue weighted by Crippen LogP contribution is -2.38. The van der Waals surface area contributed by atoms with Crippen molar-refractivity contribution < 1.29 is 18.7 Å². The molecule has 1 aromatic carbocycles. The number of aryl methyl sites for hydroxylation is 2. The standard InChI is InChI=1S/C17H20N4O4S/c1-10-4-5-11(2)13(8-10)24-9-14-19-20-17(25-14)26-12(3)15(22)21-7-6-18-16(21)23/h4-5,8,12H,6-7,9H2,1-3H3,(H,18,23). The predicted octanol–water partition coefficient (Wildman–Crippen LogP) is 2.30. The minimum atomic E-state index is -0.507. The molecule has 1 aromatic heterocycles. The third kappa shape index (κ3) is 4.16. The van der Waals surface area contributed by atoms with E-state index in [1.54, 1.807) is 6.92 Å². The van der Waals surface area contributed by atoms with Crippen molar-refractivity contribution in [1.82, 2.24) is 20.4 Å². The Morgan fingerprint density at radius 1 is 1.42 bits per heavy atom. The molecule has 3 rings (SSSR count). The van der Waals surface area contributed by atoms with Gasteiger partial charge in [-0.2, -0.15) is 0 Å². The molecule has 1 unspecified atom stereocenters. The minimum absolute atomic E-state index is 0.148. The lowest BCUT2D eigenvalue weighted by Gasteiger charge is -2.15. The molecule has 8 nitrogen and oxygen atoms in total. The number of imide groups is 1. The lowest BCUT2D eigenvalue weighted by atomic mass is 10.1. The maximum absolute atomic E-state index is 12.3. The minimum Gasteiger partial charge on any atom is -0.484 e. The molecule has 0 bridgehead atoms. The number of carbonyl (C=O) groups is 2. The van der Waals surface area contributed by atoms with Crippen molar-refractivity contribution in [2.24, 2.45) is 0 Å². The Kier molecular flexibility index (Phi) is 5.46. The molecule has 1 aliphatic heterocycles. The summed E-state index contributed by atoms with van der Waals surface area (Å²) in [6, 6.07) is 5.59. The Morgan fingerprint density at radius 3 is 2.96 bits per heavy atom. The maximum Gasteiger partial charge on any atom is 0.324 e. The second-order valence-electron chi connectivity index (χ2n) is 6.00. The molecule has 1 fully saturated rings. The molecule has 2 aromatic rings. The number of amides is 3. The Hall–Kier alpha value is -2.55. The van der Waals surface area contributed by atoms with Gasteiger partial charge in [-0.25, -0.2) is 4.79 Å². The number of urea groups is 1. The van der Waals surface area contributed by atoms with Crippen LogP contribution in [0.4, 0.5) is 4.79 Å². The van der Waals surface area contributed by atoms with Crippen LogP contribution in [-0.4, -0.2) is 45.4 Å². The first-order valence-corrected chi connectivity index (χ1v) is 9.10. The normalized spacial score (nSPS) is 15.0. The zero-order chi connectivity index (χ0) is 18.7. The molecular formula is C17H20N4O4S. The molecule has 1 saturated heterocycles. The number of hydrogen-bond acceptors (Lipinski definition) is 7. The smallest absolute Gasteiger partial charge is 0.324 e. The number of thioether (sulfide) groups is 1. The van der Waals surface area contributed by atoms with Gasteiger partial charge in [0.2, 0.25) is 5.91 Å². The second-order valence-corrected chi connectivity index (χ2v) is 7.29. The SMILES string of the molecule is Cc1ccc(C)c(OCc2nnc(SC(C)C(=O)N3CCNC3=O)o2)c1. The molecule has 1 N–H and O–H groups in total. The Labute approximate surface area is 155 Å². The summed E-state index contributed by atoms with van der Waals surface area (Å²) in [6.07, 6.45) is 0. The van der Waals surface area contributed by atoms with E-state index in [0.717, 1.165) is 28.6 Å². The van der Waals surface area contributed by atoms with Crippen LogP contribution in [0.1, 0.15) is 23.9 Å². The van der Waals surface area contributed by atoms with E-state index in [1.165, 1.54) is 4.90 Å². The average molecular weight is 376 g/mol. The molecule has 138 valence electrons. The topological polar surface area (TPSA) is 97.6 Å². The molecule has 1 atom stereocenters. The highest BCUT2D eigenvalue weighted by molar-refractivity contribution is 8.00. The zero-order valence-corrected chi connectivity index (χ0v) is 15.6. The highest BCUT2D eigenvalue weighted by atomic mass is 32.2. The van der Waals surface area contributed by atoms with Crippen LogP contribution in [0.3, 0.4) is 0 Å².